The Kier molecular flexibility index (Phi) is 4.28. The highest BCUT2D eigenvalue weighted by atomic mass is 32.2. The molecule has 6 heteroatoms. The summed E-state index contributed by atoms with van der Waals surface area (Å²) in [6, 6.07) is 14.4. The van der Waals surface area contributed by atoms with Crippen LogP contribution in [0.5, 0.6) is 5.75 Å². The summed E-state index contributed by atoms with van der Waals surface area (Å²) in [7, 11) is 0.0236. The molecule has 1 aliphatic heterocycles. The van der Waals surface area contributed by atoms with Gasteiger partial charge in [-0.25, -0.2) is 8.42 Å². The van der Waals surface area contributed by atoms with E-state index in [-0.39, 0.29) is 0 Å². The molecule has 2 aromatic carbocycles. The van der Waals surface area contributed by atoms with Crippen LogP contribution in [0.2, 0.25) is 0 Å². The van der Waals surface area contributed by atoms with Crippen molar-refractivity contribution in [3.05, 3.63) is 54.1 Å². The lowest BCUT2D eigenvalue weighted by Crippen LogP contribution is -2.34. The van der Waals surface area contributed by atoms with Gasteiger partial charge in [0.15, 0.2) is 0 Å². The van der Waals surface area contributed by atoms with Crippen molar-refractivity contribution >= 4 is 15.7 Å². The second-order valence-electron chi connectivity index (χ2n) is 5.56. The highest BCUT2D eigenvalue weighted by Crippen LogP contribution is 2.27. The Hall–Kier alpha value is -2.05. The number of fused-ring (bicyclic) bond motifs is 1. The number of anilines is 1. The van der Waals surface area contributed by atoms with Crippen LogP contribution in [-0.2, 0) is 16.6 Å². The van der Waals surface area contributed by atoms with Gasteiger partial charge in [0.25, 0.3) is 0 Å². The van der Waals surface area contributed by atoms with E-state index < -0.39 is 10.0 Å². The first kappa shape index (κ1) is 15.8. The fourth-order valence-electron chi connectivity index (χ4n) is 2.77. The Bertz CT molecular complexity index is 788. The Morgan fingerprint density at radius 3 is 2.39 bits per heavy atom. The van der Waals surface area contributed by atoms with Crippen LogP contribution in [0, 0.1) is 0 Å². The predicted octanol–water partition coefficient (Wildman–Crippen LogP) is 2.34. The molecule has 0 spiro atoms. The summed E-state index contributed by atoms with van der Waals surface area (Å²) in [5.41, 5.74) is 2.10. The third kappa shape index (κ3) is 3.04. The number of rotatable bonds is 3. The van der Waals surface area contributed by atoms with Gasteiger partial charge in [-0.05, 0) is 35.9 Å². The summed E-state index contributed by atoms with van der Waals surface area (Å²) < 4.78 is 32.5. The third-order valence-corrected chi connectivity index (χ3v) is 5.99. The average Bonchev–Trinajstić information content (AvgIpc) is 2.75. The molecule has 5 nitrogen and oxygen atoms in total. The van der Waals surface area contributed by atoms with Crippen molar-refractivity contribution in [1.29, 1.82) is 0 Å². The molecule has 0 fully saturated rings. The first-order valence-corrected chi connectivity index (χ1v) is 8.89. The molecular weight excluding hydrogens is 312 g/mol. The van der Waals surface area contributed by atoms with Gasteiger partial charge in [-0.15, -0.1) is 0 Å². The van der Waals surface area contributed by atoms with E-state index in [2.05, 4.69) is 4.90 Å². The second-order valence-corrected chi connectivity index (χ2v) is 7.50. The van der Waals surface area contributed by atoms with Crippen molar-refractivity contribution in [3.63, 3.8) is 0 Å². The lowest BCUT2D eigenvalue weighted by molar-refractivity contribution is 0.412. The number of hydrogen-bond acceptors (Lipinski definition) is 4. The molecule has 1 heterocycles. The van der Waals surface area contributed by atoms with E-state index in [0.717, 1.165) is 11.3 Å². The fraction of sp³-hybridized carbons (Fsp3) is 0.294. The summed E-state index contributed by atoms with van der Waals surface area (Å²) >= 11 is 0. The first-order valence-electron chi connectivity index (χ1n) is 7.45. The highest BCUT2D eigenvalue weighted by Gasteiger charge is 2.28. The maximum atomic E-state index is 12.9. The zero-order chi connectivity index (χ0) is 16.4. The normalized spacial score (nSPS) is 15.8. The largest absolute Gasteiger partial charge is 0.497 e. The number of nitrogens with zero attached hydrogens (tertiary/aromatic N) is 2. The van der Waals surface area contributed by atoms with Gasteiger partial charge in [0.1, 0.15) is 5.75 Å². The molecule has 0 N–H and O–H groups in total. The number of hydrogen-bond donors (Lipinski definition) is 0. The Balaban J connectivity index is 1.94. The van der Waals surface area contributed by atoms with Crippen LogP contribution in [-0.4, -0.2) is 40.0 Å². The van der Waals surface area contributed by atoms with E-state index in [1.54, 1.807) is 31.4 Å². The van der Waals surface area contributed by atoms with E-state index >= 15 is 0 Å². The van der Waals surface area contributed by atoms with Crippen molar-refractivity contribution in [2.45, 2.75) is 11.4 Å². The number of methoxy groups -OCH3 is 1. The maximum Gasteiger partial charge on any atom is 0.243 e. The smallest absolute Gasteiger partial charge is 0.243 e. The summed E-state index contributed by atoms with van der Waals surface area (Å²) in [4.78, 5) is 2.39. The molecule has 1 aliphatic rings. The Morgan fingerprint density at radius 1 is 1.00 bits per heavy atom. The van der Waals surface area contributed by atoms with E-state index in [0.29, 0.717) is 30.3 Å². The summed E-state index contributed by atoms with van der Waals surface area (Å²) in [6.07, 6.45) is 0. The minimum Gasteiger partial charge on any atom is -0.497 e. The van der Waals surface area contributed by atoms with Crippen LogP contribution in [0.25, 0.3) is 0 Å². The zero-order valence-corrected chi connectivity index (χ0v) is 14.1. The van der Waals surface area contributed by atoms with Crippen LogP contribution in [0.1, 0.15) is 5.56 Å². The van der Waals surface area contributed by atoms with Crippen molar-refractivity contribution in [2.75, 3.05) is 32.1 Å². The number of para-hydroxylation sites is 1. The third-order valence-electron chi connectivity index (χ3n) is 4.13. The van der Waals surface area contributed by atoms with Crippen molar-refractivity contribution in [2.24, 2.45) is 0 Å². The molecule has 2 aromatic rings. The quantitative estimate of drug-likeness (QED) is 0.866. The maximum absolute atomic E-state index is 12.9. The molecule has 3 rings (SSSR count). The van der Waals surface area contributed by atoms with E-state index in [1.165, 1.54) is 4.31 Å². The lowest BCUT2D eigenvalue weighted by Gasteiger charge is -2.20. The molecule has 0 bridgehead atoms. The number of sulfonamides is 1. The zero-order valence-electron chi connectivity index (χ0n) is 13.3. The van der Waals surface area contributed by atoms with Crippen LogP contribution >= 0.6 is 0 Å². The monoisotopic (exact) mass is 332 g/mol. The van der Waals surface area contributed by atoms with Gasteiger partial charge < -0.3 is 9.64 Å². The number of likely N-dealkylation sites (N-methyl/N-ethyl adjacent to an activating group) is 1. The summed E-state index contributed by atoms with van der Waals surface area (Å²) in [6.45, 7) is 1.50. The highest BCUT2D eigenvalue weighted by molar-refractivity contribution is 7.89. The van der Waals surface area contributed by atoms with Gasteiger partial charge in [-0.1, -0.05) is 18.2 Å². The molecule has 0 aromatic heterocycles. The van der Waals surface area contributed by atoms with Gasteiger partial charge in [0, 0.05) is 32.4 Å². The van der Waals surface area contributed by atoms with Crippen molar-refractivity contribution in [1.82, 2.24) is 4.31 Å². The van der Waals surface area contributed by atoms with E-state index in [1.807, 2.05) is 31.3 Å². The van der Waals surface area contributed by atoms with Gasteiger partial charge in [0.2, 0.25) is 10.0 Å². The molecule has 0 radical (unpaired) electrons. The second kappa shape index (κ2) is 6.22. The summed E-state index contributed by atoms with van der Waals surface area (Å²) in [5.74, 6) is 0.643. The number of benzene rings is 2. The van der Waals surface area contributed by atoms with Crippen LogP contribution < -0.4 is 9.64 Å². The first-order chi connectivity index (χ1) is 11.0. The van der Waals surface area contributed by atoms with Crippen LogP contribution in [0.3, 0.4) is 0 Å². The molecule has 23 heavy (non-hydrogen) atoms. The Labute approximate surface area is 137 Å². The van der Waals surface area contributed by atoms with Crippen molar-refractivity contribution in [3.8, 4) is 5.75 Å². The fourth-order valence-corrected chi connectivity index (χ4v) is 4.18. The topological polar surface area (TPSA) is 49.9 Å². The van der Waals surface area contributed by atoms with Crippen LogP contribution in [0.4, 0.5) is 5.69 Å². The minimum atomic E-state index is -3.53. The SMILES string of the molecule is COc1ccc(S(=O)(=O)N2CCN(C)c3ccccc3C2)cc1. The van der Waals surface area contributed by atoms with Gasteiger partial charge in [0.05, 0.1) is 12.0 Å². The Morgan fingerprint density at radius 2 is 1.70 bits per heavy atom. The van der Waals surface area contributed by atoms with E-state index in [4.69, 9.17) is 4.74 Å². The molecule has 0 saturated heterocycles. The molecule has 0 atom stereocenters. The minimum absolute atomic E-state index is 0.292. The van der Waals surface area contributed by atoms with Gasteiger partial charge >= 0.3 is 0 Å². The van der Waals surface area contributed by atoms with Crippen molar-refractivity contribution < 1.29 is 13.2 Å². The molecule has 122 valence electrons. The van der Waals surface area contributed by atoms with Gasteiger partial charge in [-0.3, -0.25) is 0 Å². The average molecular weight is 332 g/mol. The standard InChI is InChI=1S/C17H20N2O3S/c1-18-11-12-19(13-14-5-3-4-6-17(14)18)23(20,21)16-9-7-15(22-2)8-10-16/h3-10H,11-13H2,1-2H3. The van der Waals surface area contributed by atoms with E-state index in [9.17, 15) is 8.42 Å². The predicted molar refractivity (Wildman–Crippen MR) is 90.3 cm³/mol. The molecule has 0 amide bonds. The lowest BCUT2D eigenvalue weighted by atomic mass is 10.1. The molecular formula is C17H20N2O3S. The molecule has 0 unspecified atom stereocenters. The van der Waals surface area contributed by atoms with Gasteiger partial charge in [-0.2, -0.15) is 4.31 Å². The molecule has 0 aliphatic carbocycles. The number of ether oxygens (including phenoxy) is 1. The summed E-state index contributed by atoms with van der Waals surface area (Å²) in [5, 5.41) is 0. The van der Waals surface area contributed by atoms with Crippen LogP contribution in [0.15, 0.2) is 53.4 Å². The molecule has 0 saturated carbocycles.